The van der Waals surface area contributed by atoms with E-state index in [1.807, 2.05) is 6.92 Å². The van der Waals surface area contributed by atoms with Crippen LogP contribution in [-0.4, -0.2) is 39.2 Å². The zero-order chi connectivity index (χ0) is 16.0. The van der Waals surface area contributed by atoms with Gasteiger partial charge in [-0.25, -0.2) is 14.6 Å². The van der Waals surface area contributed by atoms with Gasteiger partial charge >= 0.3 is 18.0 Å². The monoisotopic (exact) mass is 315 g/mol. The molecule has 116 valence electrons. The summed E-state index contributed by atoms with van der Waals surface area (Å²) in [5, 5.41) is 22.8. The molecular formula is C12H17N3O5S. The molecule has 0 aromatic carbocycles. The molecule has 0 saturated heterocycles. The third-order valence-corrected chi connectivity index (χ3v) is 3.94. The number of thiazole rings is 1. The summed E-state index contributed by atoms with van der Waals surface area (Å²) in [6.45, 7) is 3.70. The summed E-state index contributed by atoms with van der Waals surface area (Å²) in [7, 11) is 0. The standard InChI is InChI=1S/C12H17N3O5S/c1-3-7-5-13-10(21-7)6(2)14-12(20)15-8(11(18)19)4-9(16)17/h5-6,8H,3-4H2,1-2H3,(H,16,17)(H,18,19)(H2,14,15,20). The van der Waals surface area contributed by atoms with Crippen molar-refractivity contribution >= 4 is 29.3 Å². The second-order valence-corrected chi connectivity index (χ2v) is 5.49. The molecule has 9 heteroatoms. The maximum absolute atomic E-state index is 11.7. The molecule has 2 unspecified atom stereocenters. The first-order valence-corrected chi connectivity index (χ1v) is 7.11. The third-order valence-electron chi connectivity index (χ3n) is 2.62. The van der Waals surface area contributed by atoms with Crippen molar-refractivity contribution in [3.8, 4) is 0 Å². The van der Waals surface area contributed by atoms with Gasteiger partial charge in [-0.15, -0.1) is 11.3 Å². The number of hydrogen-bond acceptors (Lipinski definition) is 5. The average Bonchev–Trinajstić information content (AvgIpc) is 2.85. The average molecular weight is 315 g/mol. The molecule has 0 radical (unpaired) electrons. The summed E-state index contributed by atoms with van der Waals surface area (Å²) < 4.78 is 0. The van der Waals surface area contributed by atoms with Gasteiger partial charge in [0.05, 0.1) is 12.5 Å². The Morgan fingerprint density at radius 1 is 1.33 bits per heavy atom. The number of aromatic nitrogens is 1. The van der Waals surface area contributed by atoms with Crippen molar-refractivity contribution in [2.24, 2.45) is 0 Å². The van der Waals surface area contributed by atoms with E-state index >= 15 is 0 Å². The van der Waals surface area contributed by atoms with Crippen molar-refractivity contribution in [1.82, 2.24) is 15.6 Å². The van der Waals surface area contributed by atoms with Crippen LogP contribution < -0.4 is 10.6 Å². The number of amides is 2. The third kappa shape index (κ3) is 5.38. The number of nitrogens with one attached hydrogen (secondary N) is 2. The highest BCUT2D eigenvalue weighted by Crippen LogP contribution is 2.19. The Morgan fingerprint density at radius 2 is 2.00 bits per heavy atom. The van der Waals surface area contributed by atoms with Gasteiger partial charge in [-0.3, -0.25) is 4.79 Å². The summed E-state index contributed by atoms with van der Waals surface area (Å²) >= 11 is 1.45. The van der Waals surface area contributed by atoms with Crippen LogP contribution in [0.2, 0.25) is 0 Å². The molecule has 1 aromatic rings. The van der Waals surface area contributed by atoms with E-state index in [1.54, 1.807) is 13.1 Å². The maximum Gasteiger partial charge on any atom is 0.326 e. The fourth-order valence-corrected chi connectivity index (χ4v) is 2.38. The highest BCUT2D eigenvalue weighted by atomic mass is 32.1. The molecule has 1 heterocycles. The van der Waals surface area contributed by atoms with Gasteiger partial charge in [-0.2, -0.15) is 0 Å². The van der Waals surface area contributed by atoms with Gasteiger partial charge in [0, 0.05) is 11.1 Å². The Balaban J connectivity index is 2.58. The fraction of sp³-hybridized carbons (Fsp3) is 0.500. The fourth-order valence-electron chi connectivity index (χ4n) is 1.52. The number of carboxylic acids is 2. The Labute approximate surface area is 125 Å². The first-order valence-electron chi connectivity index (χ1n) is 6.29. The molecule has 1 rings (SSSR count). The van der Waals surface area contributed by atoms with Gasteiger partial charge in [0.2, 0.25) is 0 Å². The normalized spacial score (nSPS) is 13.2. The van der Waals surface area contributed by atoms with Crippen molar-refractivity contribution in [3.63, 3.8) is 0 Å². The van der Waals surface area contributed by atoms with Gasteiger partial charge in [0.25, 0.3) is 0 Å². The number of aliphatic carboxylic acids is 2. The van der Waals surface area contributed by atoms with Gasteiger partial charge in [-0.05, 0) is 13.3 Å². The van der Waals surface area contributed by atoms with Crippen LogP contribution in [0.4, 0.5) is 4.79 Å². The highest BCUT2D eigenvalue weighted by molar-refractivity contribution is 7.11. The second-order valence-electron chi connectivity index (χ2n) is 4.35. The maximum atomic E-state index is 11.7. The summed E-state index contributed by atoms with van der Waals surface area (Å²) in [4.78, 5) is 38.3. The van der Waals surface area contributed by atoms with Crippen molar-refractivity contribution in [2.45, 2.75) is 38.8 Å². The van der Waals surface area contributed by atoms with Gasteiger partial charge in [-0.1, -0.05) is 6.92 Å². The number of carbonyl (C=O) groups excluding carboxylic acids is 1. The lowest BCUT2D eigenvalue weighted by atomic mass is 10.2. The molecule has 1 aromatic heterocycles. The van der Waals surface area contributed by atoms with Crippen molar-refractivity contribution in [3.05, 3.63) is 16.1 Å². The molecule has 0 bridgehead atoms. The molecule has 0 spiro atoms. The van der Waals surface area contributed by atoms with E-state index in [2.05, 4.69) is 15.6 Å². The first kappa shape index (κ1) is 16.9. The Morgan fingerprint density at radius 3 is 2.48 bits per heavy atom. The van der Waals surface area contributed by atoms with Crippen LogP contribution in [0.5, 0.6) is 0 Å². The van der Waals surface area contributed by atoms with Crippen LogP contribution in [0, 0.1) is 0 Å². The smallest absolute Gasteiger partial charge is 0.326 e. The molecule has 8 nitrogen and oxygen atoms in total. The van der Waals surface area contributed by atoms with Crippen LogP contribution in [0.25, 0.3) is 0 Å². The Hall–Kier alpha value is -2.16. The van der Waals surface area contributed by atoms with Crippen LogP contribution in [0.3, 0.4) is 0 Å². The van der Waals surface area contributed by atoms with Gasteiger partial charge in [0.15, 0.2) is 0 Å². The van der Waals surface area contributed by atoms with E-state index in [0.29, 0.717) is 5.01 Å². The molecule has 0 aliphatic heterocycles. The zero-order valence-corrected chi connectivity index (χ0v) is 12.4. The van der Waals surface area contributed by atoms with Crippen LogP contribution in [-0.2, 0) is 16.0 Å². The minimum Gasteiger partial charge on any atom is -0.481 e. The molecule has 0 saturated carbocycles. The first-order chi connectivity index (χ1) is 9.83. The van der Waals surface area contributed by atoms with Crippen molar-refractivity contribution in [2.75, 3.05) is 0 Å². The van der Waals surface area contributed by atoms with E-state index in [-0.39, 0.29) is 0 Å². The molecule has 0 aliphatic carbocycles. The molecule has 2 atom stereocenters. The van der Waals surface area contributed by atoms with E-state index in [9.17, 15) is 14.4 Å². The lowest BCUT2D eigenvalue weighted by Crippen LogP contribution is -2.47. The minimum atomic E-state index is -1.47. The SMILES string of the molecule is CCc1cnc(C(C)NC(=O)NC(CC(=O)O)C(=O)O)s1. The Kier molecular flexibility index (Phi) is 6.10. The molecular weight excluding hydrogens is 298 g/mol. The topological polar surface area (TPSA) is 129 Å². The zero-order valence-electron chi connectivity index (χ0n) is 11.6. The summed E-state index contributed by atoms with van der Waals surface area (Å²) in [6, 6.07) is -2.61. The van der Waals surface area contributed by atoms with Crippen LogP contribution in [0.15, 0.2) is 6.20 Å². The lowest BCUT2D eigenvalue weighted by Gasteiger charge is -2.16. The van der Waals surface area contributed by atoms with E-state index in [4.69, 9.17) is 10.2 Å². The molecule has 0 fully saturated rings. The van der Waals surface area contributed by atoms with E-state index in [1.165, 1.54) is 11.3 Å². The molecule has 4 N–H and O–H groups in total. The van der Waals surface area contributed by atoms with Crippen LogP contribution in [0.1, 0.15) is 36.2 Å². The predicted octanol–water partition coefficient (Wildman–Crippen LogP) is 0.994. The number of nitrogens with zero attached hydrogens (tertiary/aromatic N) is 1. The highest BCUT2D eigenvalue weighted by Gasteiger charge is 2.24. The molecule has 0 aliphatic rings. The summed E-state index contributed by atoms with van der Waals surface area (Å²) in [5.41, 5.74) is 0. The molecule has 2 amide bonds. The lowest BCUT2D eigenvalue weighted by molar-refractivity contribution is -0.145. The van der Waals surface area contributed by atoms with Crippen LogP contribution >= 0.6 is 11.3 Å². The van der Waals surface area contributed by atoms with Crippen molar-refractivity contribution < 1.29 is 24.6 Å². The number of carbonyl (C=O) groups is 3. The number of urea groups is 1. The Bertz CT molecular complexity index is 531. The van der Waals surface area contributed by atoms with Gasteiger partial charge < -0.3 is 20.8 Å². The van der Waals surface area contributed by atoms with Crippen molar-refractivity contribution in [1.29, 1.82) is 0 Å². The van der Waals surface area contributed by atoms with E-state index in [0.717, 1.165) is 11.3 Å². The predicted molar refractivity (Wildman–Crippen MR) is 75.3 cm³/mol. The number of rotatable bonds is 7. The largest absolute Gasteiger partial charge is 0.481 e. The minimum absolute atomic E-state index is 0.394. The van der Waals surface area contributed by atoms with Gasteiger partial charge in [0.1, 0.15) is 11.0 Å². The second kappa shape index (κ2) is 7.58. The summed E-state index contributed by atoms with van der Waals surface area (Å²) in [6.07, 6.45) is 1.88. The number of aryl methyl sites for hydroxylation is 1. The molecule has 21 heavy (non-hydrogen) atoms. The summed E-state index contributed by atoms with van der Waals surface area (Å²) in [5.74, 6) is -2.70. The number of carboxylic acid groups (broad SMARTS) is 2. The van der Waals surface area contributed by atoms with E-state index < -0.39 is 36.5 Å². The quantitative estimate of drug-likeness (QED) is 0.594. The number of hydrogen-bond donors (Lipinski definition) is 4.